The van der Waals surface area contributed by atoms with Gasteiger partial charge in [-0.15, -0.1) is 0 Å². The van der Waals surface area contributed by atoms with Gasteiger partial charge in [0.05, 0.1) is 11.9 Å². The number of nitrogens with one attached hydrogen (secondary N) is 1. The maximum Gasteiger partial charge on any atom is 0.325 e. The van der Waals surface area contributed by atoms with Gasteiger partial charge in [-0.1, -0.05) is 48.0 Å². The Morgan fingerprint density at radius 1 is 1.09 bits per heavy atom. The smallest absolute Gasteiger partial charge is 0.325 e. The Labute approximate surface area is 186 Å². The number of hydrogen-bond acceptors (Lipinski definition) is 4. The monoisotopic (exact) mass is 431 g/mol. The molecule has 1 N–H and O–H groups in total. The lowest BCUT2D eigenvalue weighted by Crippen LogP contribution is -2.43. The van der Waals surface area contributed by atoms with Crippen molar-refractivity contribution >= 4 is 17.8 Å². The first-order valence-corrected chi connectivity index (χ1v) is 10.3. The third kappa shape index (κ3) is 3.99. The molecule has 2 aromatic carbocycles. The van der Waals surface area contributed by atoms with Crippen LogP contribution in [0.3, 0.4) is 0 Å². The lowest BCUT2D eigenvalue weighted by atomic mass is 9.91. The number of likely N-dealkylation sites (N-methyl/N-ethyl adjacent to an activating group) is 1. The number of para-hydroxylation sites is 1. The quantitative estimate of drug-likeness (QED) is 0.608. The Balaban J connectivity index is 1.42. The summed E-state index contributed by atoms with van der Waals surface area (Å²) in [6.45, 7) is 3.59. The molecule has 0 spiro atoms. The molecule has 8 heteroatoms. The van der Waals surface area contributed by atoms with E-state index in [1.54, 1.807) is 24.9 Å². The van der Waals surface area contributed by atoms with Gasteiger partial charge in [0.25, 0.3) is 5.91 Å². The van der Waals surface area contributed by atoms with Gasteiger partial charge in [-0.2, -0.15) is 5.10 Å². The fraction of sp³-hybridized carbons (Fsp3) is 0.250. The number of hydrogen-bond donors (Lipinski definition) is 1. The van der Waals surface area contributed by atoms with Crippen LogP contribution in [0.25, 0.3) is 5.69 Å². The van der Waals surface area contributed by atoms with E-state index >= 15 is 0 Å². The molecule has 32 heavy (non-hydrogen) atoms. The number of rotatable bonds is 6. The minimum absolute atomic E-state index is 0.310. The van der Waals surface area contributed by atoms with E-state index < -0.39 is 17.5 Å². The summed E-state index contributed by atoms with van der Waals surface area (Å²) in [6.07, 6.45) is 3.54. The van der Waals surface area contributed by atoms with E-state index in [1.165, 1.54) is 4.90 Å². The lowest BCUT2D eigenvalue weighted by Gasteiger charge is -2.23. The van der Waals surface area contributed by atoms with E-state index in [9.17, 15) is 14.4 Å². The molecule has 3 aromatic rings. The second-order valence-electron chi connectivity index (χ2n) is 8.19. The largest absolute Gasteiger partial charge is 0.340 e. The third-order valence-electron chi connectivity index (χ3n) is 5.70. The highest BCUT2D eigenvalue weighted by Crippen LogP contribution is 2.29. The van der Waals surface area contributed by atoms with Gasteiger partial charge in [0.1, 0.15) is 12.1 Å². The summed E-state index contributed by atoms with van der Waals surface area (Å²) < 4.78 is 1.73. The van der Waals surface area contributed by atoms with E-state index in [-0.39, 0.29) is 12.5 Å². The molecule has 0 unspecified atom stereocenters. The van der Waals surface area contributed by atoms with E-state index in [1.807, 2.05) is 67.7 Å². The normalized spacial score (nSPS) is 18.0. The van der Waals surface area contributed by atoms with E-state index in [0.717, 1.165) is 21.7 Å². The predicted molar refractivity (Wildman–Crippen MR) is 119 cm³/mol. The maximum atomic E-state index is 13.1. The number of carbonyl (C=O) groups is 3. The number of aryl methyl sites for hydroxylation is 1. The van der Waals surface area contributed by atoms with Gasteiger partial charge in [-0.25, -0.2) is 9.48 Å². The first kappa shape index (κ1) is 21.3. The Morgan fingerprint density at radius 2 is 1.78 bits per heavy atom. The summed E-state index contributed by atoms with van der Waals surface area (Å²) in [6, 6.07) is 16.5. The van der Waals surface area contributed by atoms with E-state index in [0.29, 0.717) is 12.1 Å². The summed E-state index contributed by atoms with van der Waals surface area (Å²) in [7, 11) is 1.64. The Morgan fingerprint density at radius 3 is 2.47 bits per heavy atom. The highest BCUT2D eigenvalue weighted by atomic mass is 16.2. The second-order valence-corrected chi connectivity index (χ2v) is 8.19. The molecule has 0 bridgehead atoms. The van der Waals surface area contributed by atoms with Crippen LogP contribution in [0.1, 0.15) is 23.6 Å². The topological polar surface area (TPSA) is 87.5 Å². The molecule has 164 valence electrons. The summed E-state index contributed by atoms with van der Waals surface area (Å²) in [5, 5.41) is 7.07. The average molecular weight is 431 g/mol. The van der Waals surface area contributed by atoms with Crippen molar-refractivity contribution in [1.29, 1.82) is 0 Å². The highest BCUT2D eigenvalue weighted by Gasteiger charge is 2.49. The van der Waals surface area contributed by atoms with Crippen molar-refractivity contribution in [3.63, 3.8) is 0 Å². The molecule has 0 aliphatic carbocycles. The number of benzene rings is 2. The number of imide groups is 1. The SMILES string of the molecule is Cc1ccc([C@]2(C)NC(=O)N(CC(=O)N(C)Cc3cnn(-c4ccccc4)c3)C2=O)cc1. The Kier molecular flexibility index (Phi) is 5.52. The molecule has 8 nitrogen and oxygen atoms in total. The van der Waals surface area contributed by atoms with Crippen LogP contribution in [-0.2, 0) is 21.7 Å². The zero-order valence-electron chi connectivity index (χ0n) is 18.3. The first-order chi connectivity index (χ1) is 15.3. The number of nitrogens with zero attached hydrogens (tertiary/aromatic N) is 4. The van der Waals surface area contributed by atoms with Crippen LogP contribution in [-0.4, -0.2) is 51.0 Å². The standard InChI is InChI=1S/C24H25N5O3/c1-17-9-11-19(12-10-17)24(2)22(31)28(23(32)26-24)16-21(30)27(3)14-18-13-25-29(15-18)20-7-5-4-6-8-20/h4-13,15H,14,16H2,1-3H3,(H,26,32)/t24-/m0/s1. The van der Waals surface area contributed by atoms with E-state index in [4.69, 9.17) is 0 Å². The molecule has 1 fully saturated rings. The van der Waals surface area contributed by atoms with Crippen LogP contribution in [0.5, 0.6) is 0 Å². The van der Waals surface area contributed by atoms with Crippen LogP contribution < -0.4 is 5.32 Å². The highest BCUT2D eigenvalue weighted by molar-refractivity contribution is 6.09. The number of aromatic nitrogens is 2. The molecular weight excluding hydrogens is 406 g/mol. The van der Waals surface area contributed by atoms with Crippen LogP contribution >= 0.6 is 0 Å². The van der Waals surface area contributed by atoms with Gasteiger partial charge in [0.15, 0.2) is 0 Å². The minimum Gasteiger partial charge on any atom is -0.340 e. The lowest BCUT2D eigenvalue weighted by molar-refractivity contribution is -0.138. The fourth-order valence-electron chi connectivity index (χ4n) is 3.70. The third-order valence-corrected chi connectivity index (χ3v) is 5.70. The van der Waals surface area contributed by atoms with Crippen molar-refractivity contribution in [2.24, 2.45) is 0 Å². The Bertz CT molecular complexity index is 1160. The van der Waals surface area contributed by atoms with Crippen LogP contribution in [0.4, 0.5) is 4.79 Å². The molecule has 4 rings (SSSR count). The molecule has 1 aromatic heterocycles. The summed E-state index contributed by atoms with van der Waals surface area (Å²) in [5.74, 6) is -0.779. The molecular formula is C24H25N5O3. The number of amides is 4. The van der Waals surface area contributed by atoms with Crippen LogP contribution in [0.2, 0.25) is 0 Å². The number of carbonyl (C=O) groups excluding carboxylic acids is 3. The van der Waals surface area contributed by atoms with Crippen molar-refractivity contribution in [3.05, 3.63) is 83.7 Å². The van der Waals surface area contributed by atoms with E-state index in [2.05, 4.69) is 10.4 Å². The van der Waals surface area contributed by atoms with Crippen molar-refractivity contribution in [1.82, 2.24) is 24.9 Å². The molecule has 0 radical (unpaired) electrons. The van der Waals surface area contributed by atoms with Gasteiger partial charge in [0, 0.05) is 25.4 Å². The Hall–Kier alpha value is -3.94. The van der Waals surface area contributed by atoms with Crippen LogP contribution in [0, 0.1) is 6.92 Å². The van der Waals surface area contributed by atoms with Crippen molar-refractivity contribution in [2.45, 2.75) is 25.9 Å². The molecule has 1 aliphatic rings. The van der Waals surface area contributed by atoms with Gasteiger partial charge >= 0.3 is 6.03 Å². The zero-order valence-corrected chi connectivity index (χ0v) is 18.3. The van der Waals surface area contributed by atoms with Crippen molar-refractivity contribution in [2.75, 3.05) is 13.6 Å². The van der Waals surface area contributed by atoms with Gasteiger partial charge in [-0.3, -0.25) is 14.5 Å². The minimum atomic E-state index is -1.19. The molecule has 0 saturated carbocycles. The number of urea groups is 1. The summed E-state index contributed by atoms with van der Waals surface area (Å²) in [5.41, 5.74) is 2.30. The maximum absolute atomic E-state index is 13.1. The fourth-order valence-corrected chi connectivity index (χ4v) is 3.70. The summed E-state index contributed by atoms with van der Waals surface area (Å²) >= 11 is 0. The van der Waals surface area contributed by atoms with Crippen molar-refractivity contribution in [3.8, 4) is 5.69 Å². The molecule has 1 aliphatic heterocycles. The van der Waals surface area contributed by atoms with Crippen LogP contribution in [0.15, 0.2) is 67.0 Å². The van der Waals surface area contributed by atoms with Crippen molar-refractivity contribution < 1.29 is 14.4 Å². The molecule has 1 saturated heterocycles. The summed E-state index contributed by atoms with van der Waals surface area (Å²) in [4.78, 5) is 40.8. The average Bonchev–Trinajstić information content (AvgIpc) is 3.33. The molecule has 2 heterocycles. The first-order valence-electron chi connectivity index (χ1n) is 10.3. The second kappa shape index (κ2) is 8.30. The van der Waals surface area contributed by atoms with Gasteiger partial charge < -0.3 is 10.2 Å². The predicted octanol–water partition coefficient (Wildman–Crippen LogP) is 2.61. The molecule has 4 amide bonds. The van der Waals surface area contributed by atoms with Gasteiger partial charge in [-0.05, 0) is 31.5 Å². The zero-order chi connectivity index (χ0) is 22.9. The van der Waals surface area contributed by atoms with Gasteiger partial charge in [0.2, 0.25) is 5.91 Å². The molecule has 1 atom stereocenters.